The molecule has 0 saturated carbocycles. The molecule has 0 saturated heterocycles. The van der Waals surface area contributed by atoms with Gasteiger partial charge < -0.3 is 15.2 Å². The Labute approximate surface area is 129 Å². The van der Waals surface area contributed by atoms with Crippen molar-refractivity contribution in [2.75, 3.05) is 24.5 Å². The molecule has 1 aliphatic heterocycles. The topological polar surface area (TPSA) is 65.2 Å². The van der Waals surface area contributed by atoms with Crippen LogP contribution in [-0.2, 0) is 6.42 Å². The largest absolute Gasteiger partial charge is 0.371 e. The Balaban J connectivity index is 1.48. The summed E-state index contributed by atoms with van der Waals surface area (Å²) in [5, 5.41) is 2.80. The Morgan fingerprint density at radius 1 is 1.23 bits per heavy atom. The molecule has 0 fully saturated rings. The first kappa shape index (κ1) is 14.4. The van der Waals surface area contributed by atoms with Gasteiger partial charge in [0.2, 0.25) is 0 Å². The van der Waals surface area contributed by atoms with Crippen LogP contribution in [0.3, 0.4) is 0 Å². The number of pyridine rings is 1. The molecule has 2 heterocycles. The van der Waals surface area contributed by atoms with E-state index in [1.165, 1.54) is 23.5 Å². The van der Waals surface area contributed by atoms with Crippen LogP contribution in [-0.4, -0.2) is 30.5 Å². The van der Waals surface area contributed by atoms with Crippen LogP contribution in [0, 0.1) is 0 Å². The lowest BCUT2D eigenvalue weighted by Gasteiger charge is -2.19. The number of hydrogen-bond acceptors (Lipinski definition) is 3. The number of benzene rings is 1. The van der Waals surface area contributed by atoms with Crippen molar-refractivity contribution < 1.29 is 4.79 Å². The van der Waals surface area contributed by atoms with Gasteiger partial charge in [-0.1, -0.05) is 18.2 Å². The first-order valence-corrected chi connectivity index (χ1v) is 7.54. The Hall–Kier alpha value is -2.56. The molecule has 1 aromatic carbocycles. The molecule has 2 aromatic rings. The van der Waals surface area contributed by atoms with Crippen molar-refractivity contribution in [2.45, 2.75) is 12.8 Å². The normalized spacial score (nSPS) is 13.0. The third kappa shape index (κ3) is 3.03. The second kappa shape index (κ2) is 6.47. The van der Waals surface area contributed by atoms with E-state index >= 15 is 0 Å². The van der Waals surface area contributed by atoms with Crippen LogP contribution in [0.2, 0.25) is 0 Å². The van der Waals surface area contributed by atoms with Crippen LogP contribution in [0.25, 0.3) is 0 Å². The van der Waals surface area contributed by atoms with Gasteiger partial charge in [-0.2, -0.15) is 0 Å². The van der Waals surface area contributed by atoms with Gasteiger partial charge in [-0.15, -0.1) is 0 Å². The molecule has 0 aliphatic carbocycles. The van der Waals surface area contributed by atoms with E-state index in [0.29, 0.717) is 6.54 Å². The molecule has 1 aromatic heterocycles. The minimum absolute atomic E-state index is 0.161. The number of para-hydroxylation sites is 1. The maximum Gasteiger partial charge on any atom is 0.260 e. The number of hydrogen-bond donors (Lipinski definition) is 2. The lowest BCUT2D eigenvalue weighted by molar-refractivity contribution is 0.0952. The van der Waals surface area contributed by atoms with Gasteiger partial charge in [-0.05, 0) is 36.6 Å². The maximum atomic E-state index is 11.9. The molecule has 114 valence electrons. The fourth-order valence-electron chi connectivity index (χ4n) is 2.81. The minimum atomic E-state index is -0.353. The first-order chi connectivity index (χ1) is 10.8. The van der Waals surface area contributed by atoms with E-state index in [1.807, 2.05) is 0 Å². The third-order valence-electron chi connectivity index (χ3n) is 3.94. The molecule has 0 bridgehead atoms. The molecular formula is C17H19N3O2. The zero-order valence-electron chi connectivity index (χ0n) is 12.3. The summed E-state index contributed by atoms with van der Waals surface area (Å²) in [4.78, 5) is 28.3. The van der Waals surface area contributed by atoms with E-state index in [2.05, 4.69) is 39.5 Å². The van der Waals surface area contributed by atoms with Gasteiger partial charge in [0.25, 0.3) is 11.5 Å². The highest BCUT2D eigenvalue weighted by molar-refractivity contribution is 5.93. The molecule has 0 unspecified atom stereocenters. The number of carbonyl (C=O) groups excluding carboxylic acids is 1. The molecular weight excluding hydrogens is 278 g/mol. The maximum absolute atomic E-state index is 11.9. The molecule has 5 heteroatoms. The zero-order chi connectivity index (χ0) is 15.4. The predicted molar refractivity (Wildman–Crippen MR) is 86.4 cm³/mol. The summed E-state index contributed by atoms with van der Waals surface area (Å²) in [6.45, 7) is 2.50. The van der Waals surface area contributed by atoms with E-state index < -0.39 is 0 Å². The van der Waals surface area contributed by atoms with Crippen molar-refractivity contribution in [3.63, 3.8) is 0 Å². The highest BCUT2D eigenvalue weighted by Crippen LogP contribution is 2.27. The van der Waals surface area contributed by atoms with E-state index in [-0.39, 0.29) is 17.0 Å². The second-order valence-electron chi connectivity index (χ2n) is 5.39. The summed E-state index contributed by atoms with van der Waals surface area (Å²) >= 11 is 0. The number of anilines is 1. The van der Waals surface area contributed by atoms with Crippen LogP contribution in [0.15, 0.2) is 47.4 Å². The lowest BCUT2D eigenvalue weighted by Crippen LogP contribution is -2.32. The van der Waals surface area contributed by atoms with Crippen molar-refractivity contribution in [1.82, 2.24) is 10.3 Å². The van der Waals surface area contributed by atoms with Gasteiger partial charge in [0.05, 0.1) is 0 Å². The average Bonchev–Trinajstić information content (AvgIpc) is 2.95. The number of H-pyrrole nitrogens is 1. The second-order valence-corrected chi connectivity index (χ2v) is 5.39. The van der Waals surface area contributed by atoms with E-state index in [0.717, 1.165) is 25.9 Å². The minimum Gasteiger partial charge on any atom is -0.371 e. The number of carbonyl (C=O) groups is 1. The highest BCUT2D eigenvalue weighted by atomic mass is 16.2. The summed E-state index contributed by atoms with van der Waals surface area (Å²) in [6, 6.07) is 11.6. The van der Waals surface area contributed by atoms with Crippen LogP contribution in [0.5, 0.6) is 0 Å². The molecule has 0 radical (unpaired) electrons. The average molecular weight is 297 g/mol. The quantitative estimate of drug-likeness (QED) is 0.823. The van der Waals surface area contributed by atoms with Gasteiger partial charge in [0.15, 0.2) is 0 Å². The first-order valence-electron chi connectivity index (χ1n) is 7.54. The molecule has 0 atom stereocenters. The molecule has 2 N–H and O–H groups in total. The number of fused-ring (bicyclic) bond motifs is 1. The van der Waals surface area contributed by atoms with Gasteiger partial charge >= 0.3 is 0 Å². The molecule has 1 amide bonds. The van der Waals surface area contributed by atoms with Crippen molar-refractivity contribution in [3.8, 4) is 0 Å². The summed E-state index contributed by atoms with van der Waals surface area (Å²) in [5.74, 6) is -0.316. The van der Waals surface area contributed by atoms with Crippen LogP contribution in [0.1, 0.15) is 22.3 Å². The predicted octanol–water partition coefficient (Wildman–Crippen LogP) is 1.56. The Morgan fingerprint density at radius 3 is 2.95 bits per heavy atom. The number of nitrogens with zero attached hydrogens (tertiary/aromatic N) is 1. The third-order valence-corrected chi connectivity index (χ3v) is 3.94. The fourth-order valence-corrected chi connectivity index (χ4v) is 2.81. The van der Waals surface area contributed by atoms with E-state index in [1.54, 1.807) is 6.07 Å². The highest BCUT2D eigenvalue weighted by Gasteiger charge is 2.17. The Bertz CT molecular complexity index is 724. The molecule has 22 heavy (non-hydrogen) atoms. The summed E-state index contributed by atoms with van der Waals surface area (Å²) < 4.78 is 0. The Kier molecular flexibility index (Phi) is 4.23. The van der Waals surface area contributed by atoms with Gasteiger partial charge in [0, 0.05) is 31.5 Å². The van der Waals surface area contributed by atoms with Gasteiger partial charge in [-0.25, -0.2) is 0 Å². The lowest BCUT2D eigenvalue weighted by atomic mass is 10.2. The SMILES string of the molecule is O=C(NCCCN1CCc2ccccc21)c1ccc[nH]c1=O. The summed E-state index contributed by atoms with van der Waals surface area (Å²) in [7, 11) is 0. The number of amides is 1. The molecule has 3 rings (SSSR count). The van der Waals surface area contributed by atoms with Crippen molar-refractivity contribution in [1.29, 1.82) is 0 Å². The summed E-state index contributed by atoms with van der Waals surface area (Å²) in [6.07, 6.45) is 3.46. The summed E-state index contributed by atoms with van der Waals surface area (Å²) in [5.41, 5.74) is 2.50. The fraction of sp³-hybridized carbons (Fsp3) is 0.294. The van der Waals surface area contributed by atoms with Crippen LogP contribution < -0.4 is 15.8 Å². The van der Waals surface area contributed by atoms with Crippen LogP contribution in [0.4, 0.5) is 5.69 Å². The van der Waals surface area contributed by atoms with E-state index in [4.69, 9.17) is 0 Å². The van der Waals surface area contributed by atoms with Crippen molar-refractivity contribution >= 4 is 11.6 Å². The molecule has 1 aliphatic rings. The van der Waals surface area contributed by atoms with Gasteiger partial charge in [-0.3, -0.25) is 9.59 Å². The number of rotatable bonds is 5. The van der Waals surface area contributed by atoms with Crippen molar-refractivity contribution in [2.24, 2.45) is 0 Å². The Morgan fingerprint density at radius 2 is 2.09 bits per heavy atom. The number of nitrogens with one attached hydrogen (secondary N) is 2. The monoisotopic (exact) mass is 297 g/mol. The van der Waals surface area contributed by atoms with E-state index in [9.17, 15) is 9.59 Å². The van der Waals surface area contributed by atoms with Gasteiger partial charge in [0.1, 0.15) is 5.56 Å². The molecule has 0 spiro atoms. The zero-order valence-corrected chi connectivity index (χ0v) is 12.3. The van der Waals surface area contributed by atoms with Crippen molar-refractivity contribution in [3.05, 3.63) is 64.1 Å². The number of aromatic nitrogens is 1. The van der Waals surface area contributed by atoms with Crippen LogP contribution >= 0.6 is 0 Å². The molecule has 5 nitrogen and oxygen atoms in total. The number of aromatic amines is 1. The standard InChI is InChI=1S/C17H19N3O2/c21-16-14(6-3-9-18-16)17(22)19-10-4-11-20-12-8-13-5-1-2-7-15(13)20/h1-3,5-7,9H,4,8,10-12H2,(H,18,21)(H,19,22). The smallest absolute Gasteiger partial charge is 0.260 e.